The van der Waals surface area contributed by atoms with Gasteiger partial charge in [0.05, 0.1) is 95.8 Å². The zero-order chi connectivity index (χ0) is 90.0. The molecule has 10 aromatic rings. The van der Waals surface area contributed by atoms with Crippen molar-refractivity contribution in [3.63, 3.8) is 0 Å². The van der Waals surface area contributed by atoms with Crippen molar-refractivity contribution in [3.05, 3.63) is 163 Å². The molecule has 5 aliphatic heterocycles. The number of halogens is 15. The fraction of sp³-hybridized carbons (Fsp3) is 0.400. The first kappa shape index (κ1) is 94.7. The number of hydrogen-bond donors (Lipinski definition) is 1. The third-order valence-electron chi connectivity index (χ3n) is 19.2. The Morgan fingerprint density at radius 1 is 0.339 bits per heavy atom. The fourth-order valence-corrected chi connectivity index (χ4v) is 15.0. The summed E-state index contributed by atoms with van der Waals surface area (Å²) in [5.41, 5.74) is -20.6. The van der Waals surface area contributed by atoms with Crippen LogP contribution in [-0.2, 0) is 77.8 Å². The SMILES string of the molecule is CN1CCN(c2cnc3ccc(OS(=O)(=O)C(F)(F)F)cc3c2)CC1.O=S(=O)(Oc1ccc2ncc(CC3CCOCC3)cc2c1)C(F)(F)F.O=S(=O)(Oc1ccc2ncc(CN3CCOCC3)cc2c1)C(F)(F)F.O=S(=O)(Oc1ccc2ncc(N3CCC(O)CC3)cc2c1)C(F)(F)F.O=S(=O)(Oc1ccc2ncc(N3CCOCC3)cc2c1)C(F)(F)F. The van der Waals surface area contributed by atoms with E-state index in [0.29, 0.717) is 132 Å². The van der Waals surface area contributed by atoms with Gasteiger partial charge < -0.3 is 59.8 Å². The van der Waals surface area contributed by atoms with Crippen LogP contribution in [0.3, 0.4) is 0 Å². The lowest BCUT2D eigenvalue weighted by Gasteiger charge is -2.33. The Labute approximate surface area is 698 Å². The van der Waals surface area contributed by atoms with Crippen LogP contribution < -0.4 is 35.6 Å². The van der Waals surface area contributed by atoms with Crippen LogP contribution in [0.5, 0.6) is 28.7 Å². The van der Waals surface area contributed by atoms with Crippen LogP contribution >= 0.6 is 0 Å². The average Bonchev–Trinajstić information content (AvgIpc) is 0.817. The van der Waals surface area contributed by atoms with Crippen LogP contribution in [0.4, 0.5) is 82.9 Å². The molecule has 0 radical (unpaired) electrons. The number of morpholine rings is 2. The van der Waals surface area contributed by atoms with E-state index in [1.807, 2.05) is 16.8 Å². The van der Waals surface area contributed by atoms with Crippen LogP contribution in [0.1, 0.15) is 36.8 Å². The Hall–Kier alpha value is -9.99. The minimum atomic E-state index is -5.71. The highest BCUT2D eigenvalue weighted by Crippen LogP contribution is 2.37. The molecule has 0 unspecified atom stereocenters. The van der Waals surface area contributed by atoms with Gasteiger partial charge in [0.2, 0.25) is 0 Å². The number of nitrogens with zero attached hydrogens (tertiary/aromatic N) is 10. The van der Waals surface area contributed by atoms with E-state index in [1.54, 1.807) is 61.3 Å². The number of aliphatic hydroxyl groups is 1. The van der Waals surface area contributed by atoms with E-state index >= 15 is 0 Å². The maximum Gasteiger partial charge on any atom is 0.534 e. The lowest BCUT2D eigenvalue weighted by atomic mass is 9.93. The van der Waals surface area contributed by atoms with E-state index in [1.165, 1.54) is 60.7 Å². The minimum absolute atomic E-state index is 0.336. The highest BCUT2D eigenvalue weighted by Gasteiger charge is 2.52. The number of alkyl halides is 15. The van der Waals surface area contributed by atoms with Crippen LogP contribution in [0.25, 0.3) is 54.5 Å². The monoisotopic (exact) mass is 1860 g/mol. The number of anilines is 3. The summed E-state index contributed by atoms with van der Waals surface area (Å²) in [6.07, 6.45) is 12.0. The topological polar surface area (TPSA) is 345 Å². The molecule has 0 bridgehead atoms. The summed E-state index contributed by atoms with van der Waals surface area (Å²) in [5, 5.41) is 12.0. The number of likely N-dealkylation sites (N-methyl/N-ethyl adjacent to an activating group) is 1. The smallest absolute Gasteiger partial charge is 0.393 e. The van der Waals surface area contributed by atoms with Gasteiger partial charge in [0.1, 0.15) is 28.7 Å². The van der Waals surface area contributed by atoms with Gasteiger partial charge in [-0.05, 0) is 178 Å². The lowest BCUT2D eigenvalue weighted by molar-refractivity contribution is -0.0504. The van der Waals surface area contributed by atoms with E-state index in [0.717, 1.165) is 130 Å². The Kier molecular flexibility index (Phi) is 29.7. The molecule has 49 heteroatoms. The molecule has 15 rings (SSSR count). The zero-order valence-corrected chi connectivity index (χ0v) is 68.7. The van der Waals surface area contributed by atoms with Crippen molar-refractivity contribution in [1.82, 2.24) is 34.7 Å². The van der Waals surface area contributed by atoms with Gasteiger partial charge in [-0.1, -0.05) is 0 Å². The van der Waals surface area contributed by atoms with E-state index < -0.39 is 107 Å². The molecule has 5 aromatic heterocycles. The summed E-state index contributed by atoms with van der Waals surface area (Å²) in [7, 11) is -26.5. The molecule has 674 valence electrons. The summed E-state index contributed by atoms with van der Waals surface area (Å²) in [4.78, 5) is 31.8. The second kappa shape index (κ2) is 38.9. The molecule has 10 heterocycles. The van der Waals surface area contributed by atoms with E-state index in [-0.39, 0.29) is 6.10 Å². The van der Waals surface area contributed by atoms with Gasteiger partial charge in [0.15, 0.2) is 0 Å². The van der Waals surface area contributed by atoms with Crippen molar-refractivity contribution in [2.24, 2.45) is 5.92 Å². The number of piperazine rings is 1. The molecule has 0 amide bonds. The van der Waals surface area contributed by atoms with E-state index in [4.69, 9.17) is 14.2 Å². The predicted octanol–water partition coefficient (Wildman–Crippen LogP) is 12.7. The number of benzene rings is 5. The molecular weight excluding hydrogens is 1790 g/mol. The molecule has 0 saturated carbocycles. The van der Waals surface area contributed by atoms with Gasteiger partial charge in [-0.15, -0.1) is 0 Å². The molecule has 5 saturated heterocycles. The first-order valence-corrected chi connectivity index (χ1v) is 44.2. The summed E-state index contributed by atoms with van der Waals surface area (Å²) in [6, 6.07) is 27.6. The van der Waals surface area contributed by atoms with Gasteiger partial charge in [-0.25, -0.2) is 0 Å². The van der Waals surface area contributed by atoms with Gasteiger partial charge in [-0.3, -0.25) is 29.8 Å². The van der Waals surface area contributed by atoms with Crippen LogP contribution in [-0.4, -0.2) is 228 Å². The molecule has 5 fully saturated rings. The van der Waals surface area contributed by atoms with Crippen molar-refractivity contribution in [2.45, 2.75) is 72.3 Å². The van der Waals surface area contributed by atoms with Crippen molar-refractivity contribution < 1.29 is 148 Å². The summed E-state index contributed by atoms with van der Waals surface area (Å²) < 4.78 is 334. The van der Waals surface area contributed by atoms with Crippen molar-refractivity contribution >= 4 is 122 Å². The predicted molar refractivity (Wildman–Crippen MR) is 420 cm³/mol. The molecule has 5 aromatic carbocycles. The average molecular weight is 1870 g/mol. The fourth-order valence-electron chi connectivity index (χ4n) is 12.8. The molecule has 0 aliphatic carbocycles. The minimum Gasteiger partial charge on any atom is -0.393 e. The lowest BCUT2D eigenvalue weighted by Crippen LogP contribution is -2.44. The van der Waals surface area contributed by atoms with Crippen molar-refractivity contribution in [3.8, 4) is 28.7 Å². The molecule has 0 spiro atoms. The van der Waals surface area contributed by atoms with E-state index in [2.05, 4.69) is 60.5 Å². The number of rotatable bonds is 17. The van der Waals surface area contributed by atoms with E-state index in [9.17, 15) is 113 Å². The third kappa shape index (κ3) is 25.2. The first-order valence-electron chi connectivity index (χ1n) is 37.1. The van der Waals surface area contributed by atoms with Crippen LogP contribution in [0.15, 0.2) is 152 Å². The first-order chi connectivity index (χ1) is 58.1. The normalized spacial score (nSPS) is 16.9. The molecule has 29 nitrogen and oxygen atoms in total. The molecule has 0 atom stereocenters. The maximum atomic E-state index is 12.4. The number of hydrogen-bond acceptors (Lipinski definition) is 29. The van der Waals surface area contributed by atoms with Crippen LogP contribution in [0, 0.1) is 5.92 Å². The van der Waals surface area contributed by atoms with Gasteiger partial charge in [0, 0.05) is 125 Å². The molecule has 1 N–H and O–H groups in total. The van der Waals surface area contributed by atoms with Crippen molar-refractivity contribution in [1.29, 1.82) is 0 Å². The standard InChI is InChI=1S/C16H16F3NO4S.C15H16F3N3O3S.2C15H15F3N2O4S.C14H13F3N2O4S/c17-16(18,19)25(21,22)24-14-1-2-15-13(9-14)8-12(10-20-15)7-11-3-5-23-6-4-11;1-20-4-6-21(7-5-20)12-8-11-9-13(2-3-14(11)19-10-12)24-25(22,23)15(16,17)18;16-15(17,18)25(21,22)24-13-1-2-14-12(8-13)7-11(9-19-14)10-20-3-5-23-6-4-20;16-15(17,18)25(22,23)24-13-1-2-14-10(8-13)7-11(9-19-14)20-5-3-12(21)4-6-20;15-14(16,17)24(20,21)23-12-1-2-13-10(8-12)7-11(9-18-13)19-3-5-22-6-4-19/h1-2,8-11H,3-7H2;2-3,8-10H,4-7H2,1H3;1-2,7-9H,3-6,10H2;1-2,7-9,12,21H,3-6H2;1-2,7-9H,3-6H2. The summed E-state index contributed by atoms with van der Waals surface area (Å²) in [6.45, 7) is 12.1. The number of pyridine rings is 5. The van der Waals surface area contributed by atoms with Gasteiger partial charge in [0.25, 0.3) is 0 Å². The molecular formula is C75H75F15N10O19S5. The van der Waals surface area contributed by atoms with Crippen LogP contribution in [0.2, 0.25) is 0 Å². The quantitative estimate of drug-likeness (QED) is 0.0502. The Morgan fingerprint density at radius 2 is 0.613 bits per heavy atom. The number of piperidine rings is 1. The number of fused-ring (bicyclic) bond motifs is 5. The zero-order valence-electron chi connectivity index (χ0n) is 64.6. The highest BCUT2D eigenvalue weighted by atomic mass is 32.2. The third-order valence-corrected chi connectivity index (χ3v) is 24.1. The number of aromatic nitrogens is 5. The Bertz CT molecular complexity index is 5730. The summed E-state index contributed by atoms with van der Waals surface area (Å²) in [5.74, 6) is -1.58. The second-order valence-corrected chi connectivity index (χ2v) is 35.9. The highest BCUT2D eigenvalue weighted by molar-refractivity contribution is 7.89. The Balaban J connectivity index is 0.000000151. The number of ether oxygens (including phenoxy) is 3. The van der Waals surface area contributed by atoms with Gasteiger partial charge >= 0.3 is 78.1 Å². The second-order valence-electron chi connectivity index (χ2n) is 28.2. The van der Waals surface area contributed by atoms with Gasteiger partial charge in [-0.2, -0.15) is 108 Å². The summed E-state index contributed by atoms with van der Waals surface area (Å²) >= 11 is 0. The largest absolute Gasteiger partial charge is 0.534 e. The molecule has 124 heavy (non-hydrogen) atoms. The maximum absolute atomic E-state index is 12.4. The van der Waals surface area contributed by atoms with Crippen molar-refractivity contribution in [2.75, 3.05) is 127 Å². The Morgan fingerprint density at radius 3 is 0.944 bits per heavy atom. The molecule has 5 aliphatic rings. The number of aliphatic hydroxyl groups excluding tert-OH is 1.